The van der Waals surface area contributed by atoms with Gasteiger partial charge in [0, 0.05) is 24.0 Å². The molecule has 0 bridgehead atoms. The monoisotopic (exact) mass is 266 g/mol. The molecule has 1 aromatic rings. The van der Waals surface area contributed by atoms with E-state index < -0.39 is 0 Å². The van der Waals surface area contributed by atoms with Crippen LogP contribution in [-0.4, -0.2) is 37.8 Å². The summed E-state index contributed by atoms with van der Waals surface area (Å²) in [6, 6.07) is 9.36. The van der Waals surface area contributed by atoms with E-state index in [2.05, 4.69) is 68.7 Å². The maximum atomic E-state index is 3.66. The van der Waals surface area contributed by atoms with Gasteiger partial charge in [-0.2, -0.15) is 0 Å². The van der Waals surface area contributed by atoms with Crippen molar-refractivity contribution in [3.8, 4) is 0 Å². The van der Waals surface area contributed by atoms with E-state index in [-0.39, 0.29) is 0 Å². The summed E-state index contributed by atoms with van der Waals surface area (Å²) in [5.41, 5.74) is 1.36. The molecule has 0 fully saturated rings. The van der Waals surface area contributed by atoms with Crippen LogP contribution in [0.1, 0.15) is 19.4 Å². The number of rotatable bonds is 7. The van der Waals surface area contributed by atoms with Gasteiger partial charge in [-0.05, 0) is 44.0 Å². The lowest BCUT2D eigenvalue weighted by molar-refractivity contribution is 0.288. The molecule has 3 heteroatoms. The number of thioether (sulfide) groups is 1. The van der Waals surface area contributed by atoms with E-state index >= 15 is 0 Å². The molecule has 0 aromatic heterocycles. The Morgan fingerprint density at radius 1 is 1.17 bits per heavy atom. The summed E-state index contributed by atoms with van der Waals surface area (Å²) in [6.45, 7) is 6.59. The summed E-state index contributed by atoms with van der Waals surface area (Å²) in [4.78, 5) is 3.57. The van der Waals surface area contributed by atoms with Gasteiger partial charge in [0.2, 0.25) is 0 Å². The Bertz CT molecular complexity index is 333. The van der Waals surface area contributed by atoms with Crippen molar-refractivity contribution in [2.75, 3.05) is 26.9 Å². The van der Waals surface area contributed by atoms with Crippen LogP contribution in [0.4, 0.5) is 0 Å². The smallest absolute Gasteiger partial charge is 0.0220 e. The first-order chi connectivity index (χ1) is 8.52. The van der Waals surface area contributed by atoms with Gasteiger partial charge in [-0.3, -0.25) is 0 Å². The van der Waals surface area contributed by atoms with Crippen LogP contribution in [0.3, 0.4) is 0 Å². The minimum atomic E-state index is 0.542. The first kappa shape index (κ1) is 15.5. The van der Waals surface area contributed by atoms with Crippen LogP contribution in [0.2, 0.25) is 0 Å². The fourth-order valence-electron chi connectivity index (χ4n) is 1.90. The van der Waals surface area contributed by atoms with Crippen LogP contribution in [0, 0.1) is 5.92 Å². The van der Waals surface area contributed by atoms with E-state index in [4.69, 9.17) is 0 Å². The SMILES string of the molecule is CSc1ccc(CNC(CN(C)C)C(C)C)cc1. The second-order valence-electron chi connectivity index (χ2n) is 5.34. The molecule has 0 aliphatic heterocycles. The van der Waals surface area contributed by atoms with Gasteiger partial charge in [0.05, 0.1) is 0 Å². The van der Waals surface area contributed by atoms with E-state index in [1.54, 1.807) is 11.8 Å². The van der Waals surface area contributed by atoms with Crippen molar-refractivity contribution < 1.29 is 0 Å². The quantitative estimate of drug-likeness (QED) is 0.764. The molecule has 0 spiro atoms. The lowest BCUT2D eigenvalue weighted by Gasteiger charge is -2.25. The van der Waals surface area contributed by atoms with Crippen LogP contribution >= 0.6 is 11.8 Å². The molecule has 0 aliphatic rings. The minimum absolute atomic E-state index is 0.542. The third-order valence-corrected chi connectivity index (χ3v) is 3.84. The van der Waals surface area contributed by atoms with Crippen molar-refractivity contribution in [2.24, 2.45) is 5.92 Å². The van der Waals surface area contributed by atoms with E-state index in [1.165, 1.54) is 10.5 Å². The second kappa shape index (κ2) is 7.82. The molecule has 2 nitrogen and oxygen atoms in total. The zero-order chi connectivity index (χ0) is 13.5. The average molecular weight is 266 g/mol. The van der Waals surface area contributed by atoms with Crippen LogP contribution in [0.5, 0.6) is 0 Å². The fraction of sp³-hybridized carbons (Fsp3) is 0.600. The molecular formula is C15H26N2S. The Labute approximate surface area is 116 Å². The van der Waals surface area contributed by atoms with Crippen molar-refractivity contribution in [3.05, 3.63) is 29.8 Å². The second-order valence-corrected chi connectivity index (χ2v) is 6.22. The summed E-state index contributed by atoms with van der Waals surface area (Å²) in [5, 5.41) is 3.66. The molecule has 1 unspecified atom stereocenters. The average Bonchev–Trinajstić information content (AvgIpc) is 2.34. The van der Waals surface area contributed by atoms with Gasteiger partial charge in [0.1, 0.15) is 0 Å². The molecule has 1 N–H and O–H groups in total. The molecule has 1 atom stereocenters. The fourth-order valence-corrected chi connectivity index (χ4v) is 2.31. The van der Waals surface area contributed by atoms with Gasteiger partial charge in [-0.25, -0.2) is 0 Å². The normalized spacial score (nSPS) is 13.3. The molecule has 0 amide bonds. The minimum Gasteiger partial charge on any atom is -0.308 e. The van der Waals surface area contributed by atoms with Gasteiger partial charge in [-0.15, -0.1) is 11.8 Å². The van der Waals surface area contributed by atoms with Gasteiger partial charge in [0.15, 0.2) is 0 Å². The lowest BCUT2D eigenvalue weighted by Crippen LogP contribution is -2.41. The summed E-state index contributed by atoms with van der Waals surface area (Å²) in [6.07, 6.45) is 2.11. The van der Waals surface area contributed by atoms with E-state index in [9.17, 15) is 0 Å². The Morgan fingerprint density at radius 3 is 2.22 bits per heavy atom. The van der Waals surface area contributed by atoms with Crippen LogP contribution in [0.15, 0.2) is 29.2 Å². The highest BCUT2D eigenvalue weighted by atomic mass is 32.2. The van der Waals surface area contributed by atoms with Gasteiger partial charge >= 0.3 is 0 Å². The summed E-state index contributed by atoms with van der Waals surface area (Å²) in [7, 11) is 4.26. The molecule has 1 aromatic carbocycles. The molecule has 1 rings (SSSR count). The van der Waals surface area contributed by atoms with Crippen molar-refractivity contribution in [1.29, 1.82) is 0 Å². The van der Waals surface area contributed by atoms with Gasteiger partial charge in [-0.1, -0.05) is 26.0 Å². The van der Waals surface area contributed by atoms with Crippen molar-refractivity contribution >= 4 is 11.8 Å². The standard InChI is InChI=1S/C15H26N2S/c1-12(2)15(11-17(3)4)16-10-13-6-8-14(18-5)9-7-13/h6-9,12,15-16H,10-11H2,1-5H3. The van der Waals surface area contributed by atoms with Crippen molar-refractivity contribution in [3.63, 3.8) is 0 Å². The van der Waals surface area contributed by atoms with Crippen molar-refractivity contribution in [2.45, 2.75) is 31.3 Å². The molecule has 18 heavy (non-hydrogen) atoms. The predicted octanol–water partition coefficient (Wildman–Crippen LogP) is 3.08. The maximum absolute atomic E-state index is 3.66. The zero-order valence-electron chi connectivity index (χ0n) is 12.2. The molecular weight excluding hydrogens is 240 g/mol. The number of nitrogens with zero attached hydrogens (tertiary/aromatic N) is 1. The Balaban J connectivity index is 2.50. The first-order valence-corrected chi connectivity index (χ1v) is 7.76. The third-order valence-electron chi connectivity index (χ3n) is 3.09. The first-order valence-electron chi connectivity index (χ1n) is 6.54. The zero-order valence-corrected chi connectivity index (χ0v) is 13.1. The summed E-state index contributed by atoms with van der Waals surface area (Å²) < 4.78 is 0. The van der Waals surface area contributed by atoms with Crippen LogP contribution in [0.25, 0.3) is 0 Å². The van der Waals surface area contributed by atoms with E-state index in [0.29, 0.717) is 12.0 Å². The molecule has 0 saturated heterocycles. The number of nitrogens with one attached hydrogen (secondary N) is 1. The van der Waals surface area contributed by atoms with E-state index in [1.807, 2.05) is 0 Å². The molecule has 102 valence electrons. The highest BCUT2D eigenvalue weighted by molar-refractivity contribution is 7.98. The highest BCUT2D eigenvalue weighted by Gasteiger charge is 2.13. The maximum Gasteiger partial charge on any atom is 0.0220 e. The van der Waals surface area contributed by atoms with Crippen LogP contribution < -0.4 is 5.32 Å². The van der Waals surface area contributed by atoms with Crippen LogP contribution in [-0.2, 0) is 6.54 Å². The highest BCUT2D eigenvalue weighted by Crippen LogP contribution is 2.15. The number of hydrogen-bond acceptors (Lipinski definition) is 3. The Hall–Kier alpha value is -0.510. The summed E-state index contributed by atoms with van der Waals surface area (Å²) in [5.74, 6) is 0.651. The van der Waals surface area contributed by atoms with Gasteiger partial charge in [0.25, 0.3) is 0 Å². The number of likely N-dealkylation sites (N-methyl/N-ethyl adjacent to an activating group) is 1. The lowest BCUT2D eigenvalue weighted by atomic mass is 10.0. The Kier molecular flexibility index (Phi) is 6.76. The predicted molar refractivity (Wildman–Crippen MR) is 82.2 cm³/mol. The molecule has 0 heterocycles. The van der Waals surface area contributed by atoms with Crippen molar-refractivity contribution in [1.82, 2.24) is 10.2 Å². The topological polar surface area (TPSA) is 15.3 Å². The number of benzene rings is 1. The third kappa shape index (κ3) is 5.42. The molecule has 0 saturated carbocycles. The Morgan fingerprint density at radius 2 is 1.78 bits per heavy atom. The molecule has 0 aliphatic carbocycles. The molecule has 0 radical (unpaired) electrons. The number of hydrogen-bond donors (Lipinski definition) is 1. The largest absolute Gasteiger partial charge is 0.308 e. The summed E-state index contributed by atoms with van der Waals surface area (Å²) >= 11 is 1.79. The van der Waals surface area contributed by atoms with E-state index in [0.717, 1.165) is 13.1 Å². The van der Waals surface area contributed by atoms with Gasteiger partial charge < -0.3 is 10.2 Å².